The molecular weight excluding hydrogens is 954 g/mol. The van der Waals surface area contributed by atoms with Crippen molar-refractivity contribution in [2.24, 2.45) is 0 Å². The molecule has 0 amide bonds. The first kappa shape index (κ1) is 42.2. The molecule has 9 rings (SSSR count). The molecule has 4 heterocycles. The van der Waals surface area contributed by atoms with Gasteiger partial charge in [-0.3, -0.25) is 0 Å². The molecule has 6 heteroatoms. The van der Waals surface area contributed by atoms with E-state index in [4.69, 9.17) is 20.7 Å². The van der Waals surface area contributed by atoms with E-state index in [2.05, 4.69) is 108 Å². The molecule has 0 fully saturated rings. The molecule has 0 atom stereocenters. The number of hydrogen-bond donors (Lipinski definition) is 0. The Morgan fingerprint density at radius 2 is 1.03 bits per heavy atom. The van der Waals surface area contributed by atoms with E-state index in [1.165, 1.54) is 33.9 Å². The van der Waals surface area contributed by atoms with Crippen molar-refractivity contribution in [1.29, 1.82) is 0 Å². The maximum atomic E-state index is 15.1. The summed E-state index contributed by atoms with van der Waals surface area (Å²) in [6, 6.07) is 52.1. The van der Waals surface area contributed by atoms with Crippen molar-refractivity contribution in [2.45, 2.75) is 77.0 Å². The summed E-state index contributed by atoms with van der Waals surface area (Å²) < 4.78 is 29.2. The number of fused-ring (bicyclic) bond motifs is 3. The minimum Gasteiger partial charge on any atom is -0.500 e. The van der Waals surface area contributed by atoms with E-state index in [1.807, 2.05) is 73.2 Å². The molecule has 63 heavy (non-hydrogen) atoms. The quantitative estimate of drug-likeness (QED) is 0.114. The van der Waals surface area contributed by atoms with Crippen LogP contribution in [-0.4, -0.2) is 15.0 Å². The molecule has 0 bridgehead atoms. The number of pyridine rings is 3. The molecule has 9 aromatic rings. The van der Waals surface area contributed by atoms with Gasteiger partial charge in [0.1, 0.15) is 11.4 Å². The topological polar surface area (TPSA) is 51.8 Å². The van der Waals surface area contributed by atoms with E-state index >= 15 is 4.39 Å². The predicted molar refractivity (Wildman–Crippen MR) is 249 cm³/mol. The van der Waals surface area contributed by atoms with Crippen molar-refractivity contribution in [3.63, 3.8) is 0 Å². The Balaban J connectivity index is 0.00000560. The van der Waals surface area contributed by atoms with Crippen molar-refractivity contribution < 1.29 is 30.3 Å². The van der Waals surface area contributed by atoms with Gasteiger partial charge < -0.3 is 19.4 Å². The van der Waals surface area contributed by atoms with Crippen LogP contribution in [0.2, 0.25) is 0 Å². The summed E-state index contributed by atoms with van der Waals surface area (Å²) in [6.45, 7) is 13.7. The Hall–Kier alpha value is -6.07. The average Bonchev–Trinajstić information content (AvgIpc) is 3.67. The largest absolute Gasteiger partial charge is 3.00 e. The second kappa shape index (κ2) is 17.6. The van der Waals surface area contributed by atoms with Gasteiger partial charge in [0.2, 0.25) is 0 Å². The van der Waals surface area contributed by atoms with E-state index in [9.17, 15) is 0 Å². The Kier molecular flexibility index (Phi) is 11.8. The molecule has 314 valence electrons. The second-order valence-electron chi connectivity index (χ2n) is 18.4. The van der Waals surface area contributed by atoms with Crippen LogP contribution >= 0.6 is 0 Å². The van der Waals surface area contributed by atoms with E-state index in [0.717, 1.165) is 47.3 Å². The Bertz CT molecular complexity index is 2940. The van der Waals surface area contributed by atoms with Crippen molar-refractivity contribution in [3.05, 3.63) is 209 Å². The summed E-state index contributed by atoms with van der Waals surface area (Å²) in [5.74, 6) is -0.588. The number of benzene rings is 5. The fraction of sp³-hybridized carbons (Fsp3) is 0.211. The Labute approximate surface area is 385 Å². The first-order chi connectivity index (χ1) is 30.2. The van der Waals surface area contributed by atoms with Crippen LogP contribution in [0.25, 0.3) is 55.7 Å². The first-order valence-corrected chi connectivity index (χ1v) is 21.2. The predicted octanol–water partition coefficient (Wildman–Crippen LogP) is 13.9. The Morgan fingerprint density at radius 3 is 1.46 bits per heavy atom. The fourth-order valence-corrected chi connectivity index (χ4v) is 8.81. The third-order valence-electron chi connectivity index (χ3n) is 12.3. The number of nitrogens with zero attached hydrogens (tertiary/aromatic N) is 3. The van der Waals surface area contributed by atoms with Crippen LogP contribution in [-0.2, 0) is 55.6 Å². The number of hydrogen-bond acceptors (Lipinski definition) is 4. The SMILES string of the molecule is [2H]c1ccc2oc3c(-c4ccc(C(C)(C)Cc5cc(CC(C)(C)c6ccc(-c7[c-]cccc7)nc6)cc(CC(C)(C)c6ccc(-c7[c-]cccc7)nc6)c5)cn4)[c-]ccc3c2c1F.[Ir+3]. The van der Waals surface area contributed by atoms with Crippen LogP contribution in [0.15, 0.2) is 156 Å². The smallest absolute Gasteiger partial charge is 0.500 e. The third kappa shape index (κ3) is 9.21. The maximum absolute atomic E-state index is 15.1. The van der Waals surface area contributed by atoms with Gasteiger partial charge in [-0.2, -0.15) is 0 Å². The monoisotopic (exact) mass is 1000 g/mol. The fourth-order valence-electron chi connectivity index (χ4n) is 8.81. The number of rotatable bonds is 12. The summed E-state index contributed by atoms with van der Waals surface area (Å²) in [7, 11) is 0. The molecule has 4 aromatic heterocycles. The molecule has 0 aliphatic heterocycles. The molecule has 0 aliphatic rings. The average molecular weight is 1000 g/mol. The van der Waals surface area contributed by atoms with Crippen LogP contribution in [0, 0.1) is 24.0 Å². The zero-order valence-electron chi connectivity index (χ0n) is 37.4. The molecule has 0 saturated carbocycles. The van der Waals surface area contributed by atoms with Gasteiger partial charge in [0, 0.05) is 24.0 Å². The number of aromatic nitrogens is 3. The summed E-state index contributed by atoms with van der Waals surface area (Å²) in [5.41, 5.74) is 12.7. The standard InChI is InChI=1S/C57H49FN3O.Ir/c1-55(2,43-23-26-49(59-35-43)41-15-9-7-10-16-41)32-38-29-39(33-56(3,4)44-24-27-50(60-36-44)42-17-11-8-12-18-42)31-40(30-38)34-57(5,6)45-25-28-51(61-37-45)46-19-13-20-47-53-48(58)21-14-22-52(53)62-54(46)47;/h7-15,17,20-31,35-37H,32-34H2,1-6H3;/q-3;+3/i21D;. The summed E-state index contributed by atoms with van der Waals surface area (Å²) in [4.78, 5) is 14.7. The van der Waals surface area contributed by atoms with E-state index in [1.54, 1.807) is 18.2 Å². The van der Waals surface area contributed by atoms with Gasteiger partial charge in [0.15, 0.2) is 0 Å². The molecule has 0 unspecified atom stereocenters. The minimum atomic E-state index is -0.588. The molecule has 0 radical (unpaired) electrons. The van der Waals surface area contributed by atoms with Crippen LogP contribution in [0.4, 0.5) is 4.39 Å². The van der Waals surface area contributed by atoms with Crippen LogP contribution < -0.4 is 0 Å². The van der Waals surface area contributed by atoms with Gasteiger partial charge in [-0.1, -0.05) is 113 Å². The second-order valence-corrected chi connectivity index (χ2v) is 18.4. The molecule has 0 N–H and O–H groups in total. The summed E-state index contributed by atoms with van der Waals surface area (Å²) >= 11 is 0. The van der Waals surface area contributed by atoms with Gasteiger partial charge in [-0.15, -0.1) is 90.0 Å². The molecule has 4 nitrogen and oxygen atoms in total. The molecular formula is C57H49FIrN3O. The van der Waals surface area contributed by atoms with Crippen LogP contribution in [0.5, 0.6) is 0 Å². The zero-order chi connectivity index (χ0) is 43.9. The minimum absolute atomic E-state index is 0. The van der Waals surface area contributed by atoms with E-state index < -0.39 is 5.82 Å². The molecule has 5 aromatic carbocycles. The van der Waals surface area contributed by atoms with Crippen molar-refractivity contribution in [3.8, 4) is 33.8 Å². The normalized spacial score (nSPS) is 12.3. The number of furan rings is 1. The number of halogens is 1. The molecule has 0 saturated heterocycles. The maximum Gasteiger partial charge on any atom is 3.00 e. The van der Waals surface area contributed by atoms with Crippen molar-refractivity contribution >= 4 is 21.9 Å². The zero-order valence-corrected chi connectivity index (χ0v) is 38.8. The first-order valence-electron chi connectivity index (χ1n) is 21.7. The van der Waals surface area contributed by atoms with E-state index in [-0.39, 0.29) is 42.4 Å². The molecule has 0 aliphatic carbocycles. The molecule has 0 spiro atoms. The van der Waals surface area contributed by atoms with Gasteiger partial charge in [0.05, 0.1) is 6.95 Å². The summed E-state index contributed by atoms with van der Waals surface area (Å²) in [6.07, 6.45) is 8.45. The van der Waals surface area contributed by atoms with E-state index in [0.29, 0.717) is 33.2 Å². The van der Waals surface area contributed by atoms with Crippen molar-refractivity contribution in [1.82, 2.24) is 15.0 Å². The van der Waals surface area contributed by atoms with Gasteiger partial charge >= 0.3 is 20.1 Å². The summed E-state index contributed by atoms with van der Waals surface area (Å²) in [5, 5.41) is 0.920. The van der Waals surface area contributed by atoms with Gasteiger partial charge in [0.25, 0.3) is 0 Å². The van der Waals surface area contributed by atoms with Crippen molar-refractivity contribution in [2.75, 3.05) is 0 Å². The van der Waals surface area contributed by atoms with Crippen LogP contribution in [0.3, 0.4) is 0 Å². The van der Waals surface area contributed by atoms with Gasteiger partial charge in [-0.25, -0.2) is 4.39 Å². The Morgan fingerprint density at radius 1 is 0.556 bits per heavy atom. The van der Waals surface area contributed by atoms with Crippen LogP contribution in [0.1, 0.15) is 76.3 Å². The van der Waals surface area contributed by atoms with Gasteiger partial charge in [-0.05, 0) is 98.1 Å². The third-order valence-corrected chi connectivity index (χ3v) is 12.3.